The second-order valence-electron chi connectivity index (χ2n) is 3.91. The molecule has 0 bridgehead atoms. The molecular weight excluding hydrogens is 150 g/mol. The lowest BCUT2D eigenvalue weighted by atomic mass is 9.76. The molecule has 0 radical (unpaired) electrons. The van der Waals surface area contributed by atoms with Gasteiger partial charge in [0.1, 0.15) is 0 Å². The van der Waals surface area contributed by atoms with E-state index in [0.29, 0.717) is 6.42 Å². The van der Waals surface area contributed by atoms with Gasteiger partial charge in [0.2, 0.25) is 0 Å². The van der Waals surface area contributed by atoms with Crippen LogP contribution in [-0.4, -0.2) is 10.7 Å². The molecule has 0 heterocycles. The summed E-state index contributed by atoms with van der Waals surface area (Å²) in [6.07, 6.45) is 5.34. The van der Waals surface area contributed by atoms with Gasteiger partial charge in [-0.1, -0.05) is 13.3 Å². The van der Waals surface area contributed by atoms with Crippen LogP contribution in [0.4, 0.5) is 0 Å². The van der Waals surface area contributed by atoms with E-state index in [9.17, 15) is 5.11 Å². The first-order valence-corrected chi connectivity index (χ1v) is 4.79. The first-order chi connectivity index (χ1) is 5.70. The minimum atomic E-state index is -0.652. The zero-order valence-corrected chi connectivity index (χ0v) is 7.71. The lowest BCUT2D eigenvalue weighted by Gasteiger charge is -2.33. The zero-order valence-electron chi connectivity index (χ0n) is 7.71. The summed E-state index contributed by atoms with van der Waals surface area (Å²) in [7, 11) is 0. The van der Waals surface area contributed by atoms with Crippen molar-refractivity contribution in [1.29, 1.82) is 5.26 Å². The van der Waals surface area contributed by atoms with Crippen molar-refractivity contribution in [2.75, 3.05) is 0 Å². The summed E-state index contributed by atoms with van der Waals surface area (Å²) in [5.74, 6) is 0.781. The van der Waals surface area contributed by atoms with Crippen LogP contribution < -0.4 is 0 Å². The highest BCUT2D eigenvalue weighted by molar-refractivity contribution is 4.92. The lowest BCUT2D eigenvalue weighted by Crippen LogP contribution is -2.33. The number of nitriles is 1. The molecule has 68 valence electrons. The van der Waals surface area contributed by atoms with Gasteiger partial charge in [0.15, 0.2) is 0 Å². The van der Waals surface area contributed by atoms with Gasteiger partial charge < -0.3 is 5.11 Å². The molecule has 1 saturated carbocycles. The molecule has 0 atom stereocenters. The molecule has 12 heavy (non-hydrogen) atoms. The second kappa shape index (κ2) is 3.91. The van der Waals surface area contributed by atoms with Crippen LogP contribution in [0.1, 0.15) is 45.4 Å². The highest BCUT2D eigenvalue weighted by Crippen LogP contribution is 2.35. The molecule has 0 unspecified atom stereocenters. The minimum Gasteiger partial charge on any atom is -0.389 e. The first-order valence-electron chi connectivity index (χ1n) is 4.79. The van der Waals surface area contributed by atoms with Gasteiger partial charge in [0, 0.05) is 0 Å². The molecule has 1 aliphatic rings. The molecule has 0 aromatic carbocycles. The van der Waals surface area contributed by atoms with E-state index >= 15 is 0 Å². The molecule has 1 fully saturated rings. The standard InChI is InChI=1S/C10H17NO/c1-2-9-3-5-10(12,6-4-9)7-8-11/h9,12H,2-7H2,1H3. The molecule has 2 heteroatoms. The Hall–Kier alpha value is -0.550. The van der Waals surface area contributed by atoms with Crippen LogP contribution in [0.5, 0.6) is 0 Å². The Kier molecular flexibility index (Phi) is 3.11. The SMILES string of the molecule is CCC1CCC(O)(CC#N)CC1. The average molecular weight is 167 g/mol. The lowest BCUT2D eigenvalue weighted by molar-refractivity contribution is -0.00542. The van der Waals surface area contributed by atoms with Crippen LogP contribution in [0.3, 0.4) is 0 Å². The van der Waals surface area contributed by atoms with Gasteiger partial charge in [-0.2, -0.15) is 5.26 Å². The van der Waals surface area contributed by atoms with Gasteiger partial charge in [-0.25, -0.2) is 0 Å². The largest absolute Gasteiger partial charge is 0.389 e. The van der Waals surface area contributed by atoms with Crippen molar-refractivity contribution < 1.29 is 5.11 Å². The van der Waals surface area contributed by atoms with E-state index in [4.69, 9.17) is 5.26 Å². The van der Waals surface area contributed by atoms with E-state index in [1.165, 1.54) is 6.42 Å². The Morgan fingerprint density at radius 2 is 2.08 bits per heavy atom. The topological polar surface area (TPSA) is 44.0 Å². The number of hydrogen-bond acceptors (Lipinski definition) is 2. The van der Waals surface area contributed by atoms with Crippen molar-refractivity contribution in [2.45, 2.75) is 51.0 Å². The fourth-order valence-corrected chi connectivity index (χ4v) is 1.95. The Balaban J connectivity index is 2.39. The van der Waals surface area contributed by atoms with Gasteiger partial charge in [-0.15, -0.1) is 0 Å². The predicted molar refractivity (Wildman–Crippen MR) is 47.4 cm³/mol. The van der Waals surface area contributed by atoms with E-state index in [2.05, 4.69) is 13.0 Å². The van der Waals surface area contributed by atoms with Gasteiger partial charge in [0.05, 0.1) is 18.1 Å². The van der Waals surface area contributed by atoms with Crippen molar-refractivity contribution in [3.05, 3.63) is 0 Å². The van der Waals surface area contributed by atoms with E-state index in [1.54, 1.807) is 0 Å². The number of rotatable bonds is 2. The summed E-state index contributed by atoms with van der Waals surface area (Å²) in [4.78, 5) is 0. The second-order valence-corrected chi connectivity index (χ2v) is 3.91. The van der Waals surface area contributed by atoms with E-state index < -0.39 is 5.60 Å². The van der Waals surface area contributed by atoms with Gasteiger partial charge in [0.25, 0.3) is 0 Å². The van der Waals surface area contributed by atoms with Gasteiger partial charge in [-0.05, 0) is 31.6 Å². The molecule has 0 amide bonds. The maximum atomic E-state index is 9.86. The van der Waals surface area contributed by atoms with Crippen molar-refractivity contribution in [2.24, 2.45) is 5.92 Å². The predicted octanol–water partition coefficient (Wildman–Crippen LogP) is 2.23. The molecule has 1 rings (SSSR count). The molecule has 0 spiro atoms. The monoisotopic (exact) mass is 167 g/mol. The average Bonchev–Trinajstić information content (AvgIpc) is 2.06. The zero-order chi connectivity index (χ0) is 9.03. The Morgan fingerprint density at radius 1 is 1.50 bits per heavy atom. The molecule has 1 aliphatic carbocycles. The summed E-state index contributed by atoms with van der Waals surface area (Å²) in [6.45, 7) is 2.19. The maximum Gasteiger partial charge on any atom is 0.0777 e. The number of nitrogens with zero attached hydrogens (tertiary/aromatic N) is 1. The highest BCUT2D eigenvalue weighted by atomic mass is 16.3. The third kappa shape index (κ3) is 2.22. The fourth-order valence-electron chi connectivity index (χ4n) is 1.95. The summed E-state index contributed by atoms with van der Waals surface area (Å²) < 4.78 is 0. The molecule has 0 saturated heterocycles. The van der Waals surface area contributed by atoms with Crippen LogP contribution in [0.2, 0.25) is 0 Å². The van der Waals surface area contributed by atoms with Crippen molar-refractivity contribution in [3.63, 3.8) is 0 Å². The third-order valence-electron chi connectivity index (χ3n) is 3.02. The quantitative estimate of drug-likeness (QED) is 0.685. The summed E-state index contributed by atoms with van der Waals surface area (Å²) in [5, 5.41) is 18.4. The summed E-state index contributed by atoms with van der Waals surface area (Å²) >= 11 is 0. The van der Waals surface area contributed by atoms with Crippen molar-refractivity contribution in [1.82, 2.24) is 0 Å². The minimum absolute atomic E-state index is 0.309. The summed E-state index contributed by atoms with van der Waals surface area (Å²) in [5.41, 5.74) is -0.652. The molecule has 2 nitrogen and oxygen atoms in total. The number of hydrogen-bond donors (Lipinski definition) is 1. The maximum absolute atomic E-state index is 9.86. The molecule has 0 aromatic heterocycles. The van der Waals surface area contributed by atoms with Crippen molar-refractivity contribution >= 4 is 0 Å². The number of aliphatic hydroxyl groups is 1. The Labute approximate surface area is 74.2 Å². The van der Waals surface area contributed by atoms with Gasteiger partial charge in [-0.3, -0.25) is 0 Å². The Bertz CT molecular complexity index is 175. The fraction of sp³-hybridized carbons (Fsp3) is 0.900. The molecule has 0 aliphatic heterocycles. The smallest absolute Gasteiger partial charge is 0.0777 e. The highest BCUT2D eigenvalue weighted by Gasteiger charge is 2.32. The molecule has 0 aromatic rings. The first kappa shape index (κ1) is 9.54. The van der Waals surface area contributed by atoms with Crippen molar-refractivity contribution in [3.8, 4) is 6.07 Å². The van der Waals surface area contributed by atoms with Crippen LogP contribution in [0.15, 0.2) is 0 Å². The third-order valence-corrected chi connectivity index (χ3v) is 3.02. The van der Waals surface area contributed by atoms with Gasteiger partial charge >= 0.3 is 0 Å². The summed E-state index contributed by atoms with van der Waals surface area (Å²) in [6, 6.07) is 2.06. The van der Waals surface area contributed by atoms with E-state index in [-0.39, 0.29) is 0 Å². The van der Waals surface area contributed by atoms with E-state index in [0.717, 1.165) is 31.6 Å². The Morgan fingerprint density at radius 3 is 2.50 bits per heavy atom. The molecular formula is C10H17NO. The van der Waals surface area contributed by atoms with Crippen LogP contribution in [-0.2, 0) is 0 Å². The van der Waals surface area contributed by atoms with Crippen LogP contribution in [0, 0.1) is 17.2 Å². The van der Waals surface area contributed by atoms with Crippen LogP contribution in [0.25, 0.3) is 0 Å². The molecule has 1 N–H and O–H groups in total. The normalized spacial score (nSPS) is 35.9. The van der Waals surface area contributed by atoms with Crippen LogP contribution >= 0.6 is 0 Å². The van der Waals surface area contributed by atoms with E-state index in [1.807, 2.05) is 0 Å².